The van der Waals surface area contributed by atoms with Crippen LogP contribution in [-0.4, -0.2) is 32.7 Å². The minimum Gasteiger partial charge on any atom is -0.350 e. The quantitative estimate of drug-likeness (QED) is 0.741. The monoisotopic (exact) mass is 428 g/mol. The van der Waals surface area contributed by atoms with Crippen molar-refractivity contribution in [3.05, 3.63) is 65.2 Å². The summed E-state index contributed by atoms with van der Waals surface area (Å²) in [6.07, 6.45) is 2.31. The van der Waals surface area contributed by atoms with Gasteiger partial charge in [-0.3, -0.25) is 9.10 Å². The number of carbonyl (C=O) groups excluding carboxylic acids is 1. The van der Waals surface area contributed by atoms with E-state index in [2.05, 4.69) is 31.3 Å². The van der Waals surface area contributed by atoms with Crippen LogP contribution in [-0.2, 0) is 15.4 Å². The third-order valence-electron chi connectivity index (χ3n) is 5.84. The van der Waals surface area contributed by atoms with Crippen molar-refractivity contribution in [3.63, 3.8) is 0 Å². The van der Waals surface area contributed by atoms with Gasteiger partial charge in [-0.1, -0.05) is 50.2 Å². The first-order valence-electron chi connectivity index (χ1n) is 10.6. The van der Waals surface area contributed by atoms with Crippen LogP contribution in [0.2, 0.25) is 0 Å². The second kappa shape index (κ2) is 8.80. The minimum atomic E-state index is -3.32. The van der Waals surface area contributed by atoms with E-state index in [-0.39, 0.29) is 23.1 Å². The molecular formula is C24H32N2O3S. The van der Waals surface area contributed by atoms with Gasteiger partial charge < -0.3 is 5.32 Å². The first kappa shape index (κ1) is 22.3. The van der Waals surface area contributed by atoms with E-state index in [1.807, 2.05) is 38.1 Å². The molecule has 0 spiro atoms. The fraction of sp³-hybridized carbons (Fsp3) is 0.458. The summed E-state index contributed by atoms with van der Waals surface area (Å²) in [5, 5.41) is 3.09. The van der Waals surface area contributed by atoms with E-state index in [0.717, 1.165) is 18.4 Å². The molecule has 1 atom stereocenters. The Hall–Kier alpha value is -2.34. The number of nitrogens with one attached hydrogen (secondary N) is 1. The minimum absolute atomic E-state index is 0.0313. The van der Waals surface area contributed by atoms with Gasteiger partial charge in [0.15, 0.2) is 0 Å². The lowest BCUT2D eigenvalue weighted by Crippen LogP contribution is -2.39. The second-order valence-corrected chi connectivity index (χ2v) is 10.9. The van der Waals surface area contributed by atoms with Crippen LogP contribution in [0, 0.1) is 6.92 Å². The van der Waals surface area contributed by atoms with Crippen LogP contribution in [0.3, 0.4) is 0 Å². The van der Waals surface area contributed by atoms with Crippen molar-refractivity contribution in [1.82, 2.24) is 5.32 Å². The highest BCUT2D eigenvalue weighted by Crippen LogP contribution is 2.29. The second-order valence-electron chi connectivity index (χ2n) is 8.93. The molecule has 0 saturated carbocycles. The number of benzene rings is 2. The highest BCUT2D eigenvalue weighted by atomic mass is 32.2. The molecule has 30 heavy (non-hydrogen) atoms. The molecule has 1 N–H and O–H groups in total. The number of hydrogen-bond acceptors (Lipinski definition) is 3. The summed E-state index contributed by atoms with van der Waals surface area (Å²) in [5.74, 6) is -0.0175. The Labute approximate surface area is 180 Å². The average molecular weight is 429 g/mol. The molecule has 3 rings (SSSR count). The Morgan fingerprint density at radius 1 is 1.13 bits per heavy atom. The molecular weight excluding hydrogens is 396 g/mol. The Balaban J connectivity index is 1.74. The molecule has 6 heteroatoms. The van der Waals surface area contributed by atoms with Gasteiger partial charge in [0, 0.05) is 18.2 Å². The number of amides is 1. The predicted octanol–water partition coefficient (Wildman–Crippen LogP) is 4.41. The smallest absolute Gasteiger partial charge is 0.251 e. The topological polar surface area (TPSA) is 66.5 Å². The highest BCUT2D eigenvalue weighted by Gasteiger charge is 2.28. The molecule has 0 aromatic heterocycles. The van der Waals surface area contributed by atoms with Crippen molar-refractivity contribution in [2.75, 3.05) is 16.6 Å². The first-order chi connectivity index (χ1) is 14.1. The zero-order chi connectivity index (χ0) is 21.9. The van der Waals surface area contributed by atoms with Crippen LogP contribution < -0.4 is 9.62 Å². The molecule has 2 aromatic rings. The maximum absolute atomic E-state index is 12.9. The molecule has 1 amide bonds. The summed E-state index contributed by atoms with van der Waals surface area (Å²) in [5.41, 5.74) is 3.11. The number of nitrogens with zero attached hydrogens (tertiary/aromatic N) is 1. The van der Waals surface area contributed by atoms with Crippen LogP contribution in [0.1, 0.15) is 61.5 Å². The summed E-state index contributed by atoms with van der Waals surface area (Å²) < 4.78 is 26.5. The lowest BCUT2D eigenvalue weighted by molar-refractivity contribution is 0.0934. The summed E-state index contributed by atoms with van der Waals surface area (Å²) in [7, 11) is -3.32. The maximum atomic E-state index is 12.9. The van der Waals surface area contributed by atoms with E-state index in [1.54, 1.807) is 12.1 Å². The third kappa shape index (κ3) is 5.04. The van der Waals surface area contributed by atoms with Crippen LogP contribution >= 0.6 is 0 Å². The van der Waals surface area contributed by atoms with Crippen molar-refractivity contribution in [2.24, 2.45) is 0 Å². The molecule has 1 fully saturated rings. The SMILES string of the molecule is Cc1ccc(C(=O)NC(C)CC(C)(C)c2ccccc2)cc1N1CCCCS1(=O)=O. The standard InChI is InChI=1S/C24H32N2O3S/c1-18-12-13-20(16-22(18)26-14-8-9-15-30(26,28)29)23(27)25-19(2)17-24(3,4)21-10-6-5-7-11-21/h5-7,10-13,16,19H,8-9,14-15,17H2,1-4H3,(H,25,27). The molecule has 1 unspecified atom stereocenters. The Kier molecular flexibility index (Phi) is 6.56. The van der Waals surface area contributed by atoms with Crippen LogP contribution in [0.5, 0.6) is 0 Å². The number of carbonyl (C=O) groups is 1. The molecule has 2 aromatic carbocycles. The molecule has 1 heterocycles. The molecule has 1 aliphatic heterocycles. The number of anilines is 1. The van der Waals surface area contributed by atoms with Crippen molar-refractivity contribution < 1.29 is 13.2 Å². The van der Waals surface area contributed by atoms with Gasteiger partial charge in [-0.15, -0.1) is 0 Å². The molecule has 1 aliphatic rings. The number of aryl methyl sites for hydroxylation is 1. The highest BCUT2D eigenvalue weighted by molar-refractivity contribution is 7.92. The molecule has 0 radical (unpaired) electrons. The summed E-state index contributed by atoms with van der Waals surface area (Å²) in [6, 6.07) is 15.6. The van der Waals surface area contributed by atoms with Gasteiger partial charge in [-0.2, -0.15) is 0 Å². The normalized spacial score (nSPS) is 17.4. The van der Waals surface area contributed by atoms with E-state index in [0.29, 0.717) is 24.2 Å². The number of hydrogen-bond donors (Lipinski definition) is 1. The molecule has 1 saturated heterocycles. The molecule has 0 bridgehead atoms. The van der Waals surface area contributed by atoms with Crippen LogP contribution in [0.4, 0.5) is 5.69 Å². The lowest BCUT2D eigenvalue weighted by atomic mass is 9.79. The van der Waals surface area contributed by atoms with Gasteiger partial charge in [0.25, 0.3) is 5.91 Å². The van der Waals surface area contributed by atoms with E-state index in [1.165, 1.54) is 9.87 Å². The van der Waals surface area contributed by atoms with Gasteiger partial charge >= 0.3 is 0 Å². The Morgan fingerprint density at radius 3 is 2.50 bits per heavy atom. The summed E-state index contributed by atoms with van der Waals surface area (Å²) in [4.78, 5) is 12.9. The average Bonchev–Trinajstić information content (AvgIpc) is 2.68. The number of sulfonamides is 1. The molecule has 5 nitrogen and oxygen atoms in total. The predicted molar refractivity (Wildman–Crippen MR) is 123 cm³/mol. The van der Waals surface area contributed by atoms with Crippen LogP contribution in [0.25, 0.3) is 0 Å². The fourth-order valence-corrected chi connectivity index (χ4v) is 5.90. The number of rotatable bonds is 6. The van der Waals surface area contributed by atoms with Crippen molar-refractivity contribution in [1.29, 1.82) is 0 Å². The van der Waals surface area contributed by atoms with E-state index in [9.17, 15) is 13.2 Å². The first-order valence-corrected chi connectivity index (χ1v) is 12.2. The van der Waals surface area contributed by atoms with Crippen LogP contribution in [0.15, 0.2) is 48.5 Å². The van der Waals surface area contributed by atoms with Crippen molar-refractivity contribution in [3.8, 4) is 0 Å². The lowest BCUT2D eigenvalue weighted by Gasteiger charge is -2.30. The van der Waals surface area contributed by atoms with Gasteiger partial charge in [-0.25, -0.2) is 8.42 Å². The molecule has 162 valence electrons. The van der Waals surface area contributed by atoms with Gasteiger partial charge in [0.05, 0.1) is 11.4 Å². The largest absolute Gasteiger partial charge is 0.350 e. The zero-order valence-corrected chi connectivity index (χ0v) is 19.1. The van der Waals surface area contributed by atoms with Crippen molar-refractivity contribution in [2.45, 2.75) is 58.4 Å². The maximum Gasteiger partial charge on any atom is 0.251 e. The fourth-order valence-electron chi connectivity index (χ4n) is 4.21. The molecule has 0 aliphatic carbocycles. The van der Waals surface area contributed by atoms with E-state index in [4.69, 9.17) is 0 Å². The van der Waals surface area contributed by atoms with Crippen molar-refractivity contribution >= 4 is 21.6 Å². The third-order valence-corrected chi connectivity index (χ3v) is 7.69. The van der Waals surface area contributed by atoms with Gasteiger partial charge in [0.2, 0.25) is 10.0 Å². The van der Waals surface area contributed by atoms with Gasteiger partial charge in [0.1, 0.15) is 0 Å². The Bertz CT molecular complexity index is 1000. The van der Waals surface area contributed by atoms with E-state index >= 15 is 0 Å². The van der Waals surface area contributed by atoms with E-state index < -0.39 is 10.0 Å². The Morgan fingerprint density at radius 2 is 1.83 bits per heavy atom. The van der Waals surface area contributed by atoms with Gasteiger partial charge in [-0.05, 0) is 61.8 Å². The summed E-state index contributed by atoms with van der Waals surface area (Å²) in [6.45, 7) is 8.71. The summed E-state index contributed by atoms with van der Waals surface area (Å²) >= 11 is 0. The zero-order valence-electron chi connectivity index (χ0n) is 18.3.